The number of aliphatic carboxylic acids is 1. The molecule has 0 aromatic rings. The van der Waals surface area contributed by atoms with Gasteiger partial charge in [0.25, 0.3) is 0 Å². The van der Waals surface area contributed by atoms with Crippen LogP contribution in [0.25, 0.3) is 0 Å². The summed E-state index contributed by atoms with van der Waals surface area (Å²) in [4.78, 5) is 37.9. The molecule has 0 aromatic heterocycles. The fraction of sp³-hybridized carbons (Fsp3) is 0.893. The first-order valence-electron chi connectivity index (χ1n) is 14.3. The minimum atomic E-state index is -1.43. The van der Waals surface area contributed by atoms with Crippen molar-refractivity contribution in [2.24, 2.45) is 5.92 Å². The van der Waals surface area contributed by atoms with Gasteiger partial charge >= 0.3 is 11.9 Å². The van der Waals surface area contributed by atoms with Crippen LogP contribution in [0.3, 0.4) is 0 Å². The predicted molar refractivity (Wildman–Crippen MR) is 137 cm³/mol. The second kappa shape index (κ2) is 16.2. The molecule has 0 radical (unpaired) electrons. The SMILES string of the molecule is CC(C)CCCCCCCCCCCCCCC(=O)OC(CO)CN1C(=O)CC2OCC[C@@]21C(=O)O. The first-order valence-corrected chi connectivity index (χ1v) is 14.3. The number of amides is 1. The summed E-state index contributed by atoms with van der Waals surface area (Å²) in [5, 5.41) is 19.5. The highest BCUT2D eigenvalue weighted by Gasteiger charge is 2.62. The van der Waals surface area contributed by atoms with E-state index in [9.17, 15) is 24.6 Å². The van der Waals surface area contributed by atoms with Gasteiger partial charge in [-0.3, -0.25) is 9.59 Å². The Labute approximate surface area is 217 Å². The summed E-state index contributed by atoms with van der Waals surface area (Å²) in [5.41, 5.74) is -1.43. The summed E-state index contributed by atoms with van der Waals surface area (Å²) in [5.74, 6) is -1.06. The molecule has 0 aliphatic carbocycles. The highest BCUT2D eigenvalue weighted by molar-refractivity contribution is 5.92. The van der Waals surface area contributed by atoms with Crippen LogP contribution in [0.1, 0.15) is 117 Å². The molecule has 0 aromatic carbocycles. The first kappa shape index (κ1) is 30.6. The number of unbranched alkanes of at least 4 members (excludes halogenated alkanes) is 11. The Morgan fingerprint density at radius 2 is 1.56 bits per heavy atom. The number of rotatable bonds is 20. The van der Waals surface area contributed by atoms with Gasteiger partial charge < -0.3 is 24.6 Å². The zero-order valence-corrected chi connectivity index (χ0v) is 22.5. The minimum Gasteiger partial charge on any atom is -0.479 e. The zero-order chi connectivity index (χ0) is 26.4. The molecule has 2 heterocycles. The van der Waals surface area contributed by atoms with Crippen LogP contribution in [0, 0.1) is 5.92 Å². The van der Waals surface area contributed by atoms with Crippen molar-refractivity contribution in [1.29, 1.82) is 0 Å². The van der Waals surface area contributed by atoms with Crippen LogP contribution in [0.5, 0.6) is 0 Å². The molecule has 3 atom stereocenters. The molecule has 0 spiro atoms. The molecular weight excluding hydrogens is 462 g/mol. The zero-order valence-electron chi connectivity index (χ0n) is 22.5. The molecule has 8 heteroatoms. The van der Waals surface area contributed by atoms with Crippen molar-refractivity contribution in [2.45, 2.75) is 134 Å². The summed E-state index contributed by atoms with van der Waals surface area (Å²) in [6.07, 6.45) is 14.8. The summed E-state index contributed by atoms with van der Waals surface area (Å²) in [7, 11) is 0. The van der Waals surface area contributed by atoms with Gasteiger partial charge in [0.15, 0.2) is 5.54 Å². The third kappa shape index (κ3) is 9.33. The average molecular weight is 512 g/mol. The molecule has 2 N–H and O–H groups in total. The van der Waals surface area contributed by atoms with Crippen LogP contribution >= 0.6 is 0 Å². The van der Waals surface area contributed by atoms with E-state index in [1.165, 1.54) is 69.1 Å². The van der Waals surface area contributed by atoms with Gasteiger partial charge in [-0.2, -0.15) is 0 Å². The Hall–Kier alpha value is -1.67. The standard InChI is InChI=1S/C28H49NO7/c1-22(2)15-13-11-9-7-5-3-4-6-8-10-12-14-16-26(32)36-23(21-30)20-29-25(31)19-24-28(29,27(33)34)17-18-35-24/h22-24,30H,3-21H2,1-2H3,(H,33,34)/t23?,24?,28-/m0/s1. The van der Waals surface area contributed by atoms with E-state index >= 15 is 0 Å². The normalized spacial score (nSPS) is 22.3. The summed E-state index contributed by atoms with van der Waals surface area (Å²) in [6, 6.07) is 0. The molecule has 2 unspecified atom stereocenters. The molecule has 2 rings (SSSR count). The van der Waals surface area contributed by atoms with Crippen LogP contribution in [-0.2, 0) is 23.9 Å². The van der Waals surface area contributed by atoms with Gasteiger partial charge in [0, 0.05) is 12.8 Å². The van der Waals surface area contributed by atoms with Gasteiger partial charge in [0.2, 0.25) is 5.91 Å². The lowest BCUT2D eigenvalue weighted by atomic mass is 9.92. The van der Waals surface area contributed by atoms with E-state index in [1.54, 1.807) is 0 Å². The van der Waals surface area contributed by atoms with E-state index in [1.807, 2.05) is 0 Å². The molecule has 2 aliphatic heterocycles. The maximum Gasteiger partial charge on any atom is 0.332 e. The minimum absolute atomic E-state index is 0.00314. The molecule has 2 saturated heterocycles. The number of esters is 1. The second-order valence-electron chi connectivity index (χ2n) is 11.0. The maximum atomic E-state index is 12.4. The Bertz CT molecular complexity index is 683. The third-order valence-corrected chi connectivity index (χ3v) is 7.65. The third-order valence-electron chi connectivity index (χ3n) is 7.65. The summed E-state index contributed by atoms with van der Waals surface area (Å²) < 4.78 is 10.8. The lowest BCUT2D eigenvalue weighted by Crippen LogP contribution is -2.57. The van der Waals surface area contributed by atoms with E-state index in [2.05, 4.69) is 13.8 Å². The highest BCUT2D eigenvalue weighted by Crippen LogP contribution is 2.41. The van der Waals surface area contributed by atoms with Crippen molar-refractivity contribution >= 4 is 17.8 Å². The Morgan fingerprint density at radius 3 is 2.08 bits per heavy atom. The monoisotopic (exact) mass is 511 g/mol. The van der Waals surface area contributed by atoms with Gasteiger partial charge in [0.05, 0.1) is 26.2 Å². The van der Waals surface area contributed by atoms with Crippen molar-refractivity contribution < 1.29 is 34.1 Å². The number of fused-ring (bicyclic) bond motifs is 1. The van der Waals surface area contributed by atoms with Crippen LogP contribution in [0.2, 0.25) is 0 Å². The first-order chi connectivity index (χ1) is 17.3. The summed E-state index contributed by atoms with van der Waals surface area (Å²) >= 11 is 0. The number of likely N-dealkylation sites (tertiary alicyclic amines) is 1. The molecule has 0 bridgehead atoms. The lowest BCUT2D eigenvalue weighted by Gasteiger charge is -2.35. The number of hydrogen-bond donors (Lipinski definition) is 2. The van der Waals surface area contributed by atoms with Gasteiger partial charge in [-0.25, -0.2) is 4.79 Å². The number of carboxylic acid groups (broad SMARTS) is 1. The van der Waals surface area contributed by atoms with Gasteiger partial charge in [-0.05, 0) is 12.3 Å². The number of hydrogen-bond acceptors (Lipinski definition) is 6. The fourth-order valence-corrected chi connectivity index (χ4v) is 5.48. The fourth-order valence-electron chi connectivity index (χ4n) is 5.48. The smallest absolute Gasteiger partial charge is 0.332 e. The number of carbonyl (C=O) groups excluding carboxylic acids is 2. The Balaban J connectivity index is 1.52. The van der Waals surface area contributed by atoms with Crippen molar-refractivity contribution in [3.05, 3.63) is 0 Å². The highest BCUT2D eigenvalue weighted by atomic mass is 16.6. The number of aliphatic hydroxyl groups is 1. The number of nitrogens with zero attached hydrogens (tertiary/aromatic N) is 1. The molecule has 208 valence electrons. The number of ether oxygens (including phenoxy) is 2. The second-order valence-corrected chi connectivity index (χ2v) is 11.0. The molecule has 36 heavy (non-hydrogen) atoms. The van der Waals surface area contributed by atoms with Crippen molar-refractivity contribution in [2.75, 3.05) is 19.8 Å². The van der Waals surface area contributed by atoms with E-state index in [0.717, 1.165) is 25.2 Å². The van der Waals surface area contributed by atoms with E-state index < -0.39 is 36.3 Å². The quantitative estimate of drug-likeness (QED) is 0.177. The Kier molecular flexibility index (Phi) is 13.8. The van der Waals surface area contributed by atoms with Gasteiger partial charge in [0.1, 0.15) is 12.2 Å². The van der Waals surface area contributed by atoms with E-state index in [-0.39, 0.29) is 38.3 Å². The molecule has 8 nitrogen and oxygen atoms in total. The number of carbonyl (C=O) groups is 3. The lowest BCUT2D eigenvalue weighted by molar-refractivity contribution is -0.161. The average Bonchev–Trinajstić information content (AvgIpc) is 3.36. The van der Waals surface area contributed by atoms with Gasteiger partial charge in [-0.1, -0.05) is 90.9 Å². The van der Waals surface area contributed by atoms with Crippen molar-refractivity contribution in [1.82, 2.24) is 4.90 Å². The summed E-state index contributed by atoms with van der Waals surface area (Å²) in [6.45, 7) is 4.25. The molecule has 2 fully saturated rings. The molecular formula is C28H49NO7. The van der Waals surface area contributed by atoms with Crippen LogP contribution in [0.15, 0.2) is 0 Å². The van der Waals surface area contributed by atoms with Crippen molar-refractivity contribution in [3.63, 3.8) is 0 Å². The largest absolute Gasteiger partial charge is 0.479 e. The van der Waals surface area contributed by atoms with Crippen LogP contribution < -0.4 is 0 Å². The predicted octanol–water partition coefficient (Wildman–Crippen LogP) is 4.85. The number of carboxylic acids is 1. The maximum absolute atomic E-state index is 12.4. The Morgan fingerprint density at radius 1 is 1.00 bits per heavy atom. The van der Waals surface area contributed by atoms with Crippen LogP contribution in [0.4, 0.5) is 0 Å². The molecule has 2 aliphatic rings. The van der Waals surface area contributed by atoms with Crippen molar-refractivity contribution in [3.8, 4) is 0 Å². The van der Waals surface area contributed by atoms with E-state index in [0.29, 0.717) is 0 Å². The topological polar surface area (TPSA) is 113 Å². The van der Waals surface area contributed by atoms with Gasteiger partial charge in [-0.15, -0.1) is 0 Å². The van der Waals surface area contributed by atoms with Crippen LogP contribution in [-0.4, -0.2) is 70.5 Å². The van der Waals surface area contributed by atoms with E-state index in [4.69, 9.17) is 9.47 Å². The number of aliphatic hydroxyl groups excluding tert-OH is 1. The molecule has 1 amide bonds. The molecule has 0 saturated carbocycles.